The van der Waals surface area contributed by atoms with E-state index >= 15 is 0 Å². The lowest BCUT2D eigenvalue weighted by molar-refractivity contribution is -0.118. The second-order valence-electron chi connectivity index (χ2n) is 8.53. The van der Waals surface area contributed by atoms with Crippen molar-refractivity contribution in [3.8, 4) is 11.3 Å². The van der Waals surface area contributed by atoms with Gasteiger partial charge < -0.3 is 20.4 Å². The number of fused-ring (bicyclic) bond motifs is 1. The molecule has 10 heteroatoms. The third-order valence-corrected chi connectivity index (χ3v) is 4.67. The minimum atomic E-state index is -0.651. The van der Waals surface area contributed by atoms with E-state index in [1.54, 1.807) is 34.1 Å². The van der Waals surface area contributed by atoms with Gasteiger partial charge >= 0.3 is 6.09 Å². The van der Waals surface area contributed by atoms with Crippen LogP contribution >= 0.6 is 0 Å². The van der Waals surface area contributed by atoms with Crippen LogP contribution in [-0.4, -0.2) is 50.7 Å². The van der Waals surface area contributed by atoms with Crippen molar-refractivity contribution in [2.75, 3.05) is 24.2 Å². The van der Waals surface area contributed by atoms with Crippen LogP contribution in [-0.2, 0) is 23.0 Å². The van der Waals surface area contributed by atoms with Crippen molar-refractivity contribution >= 4 is 34.7 Å². The number of nitrogen functional groups attached to an aromatic ring is 1. The summed E-state index contributed by atoms with van der Waals surface area (Å²) in [6.07, 6.45) is 1.67. The fraction of sp³-hybridized carbons (Fsp3) is 0.409. The van der Waals surface area contributed by atoms with Gasteiger partial charge in [-0.25, -0.2) is 14.8 Å². The number of nitrogens with zero attached hydrogens (tertiary/aromatic N) is 5. The number of imidazole rings is 1. The zero-order valence-corrected chi connectivity index (χ0v) is 19.3. The first kappa shape index (κ1) is 23.0. The maximum Gasteiger partial charge on any atom is 0.415 e. The molecule has 0 unspecified atom stereocenters. The molecule has 0 radical (unpaired) electrons. The topological polar surface area (TPSA) is 128 Å². The summed E-state index contributed by atoms with van der Waals surface area (Å²) in [6.45, 7) is 7.35. The third-order valence-electron chi connectivity index (χ3n) is 4.67. The highest BCUT2D eigenvalue weighted by Crippen LogP contribution is 2.36. The van der Waals surface area contributed by atoms with Crippen LogP contribution in [0.4, 0.5) is 16.4 Å². The van der Waals surface area contributed by atoms with Crippen LogP contribution < -0.4 is 16.0 Å². The Morgan fingerprint density at radius 2 is 1.97 bits per heavy atom. The molecule has 3 heterocycles. The molecule has 0 bridgehead atoms. The molecule has 0 aromatic carbocycles. The summed E-state index contributed by atoms with van der Waals surface area (Å²) in [4.78, 5) is 38.7. The molecule has 10 nitrogen and oxygen atoms in total. The number of carbonyl (C=O) groups excluding carboxylic acids is 2. The van der Waals surface area contributed by atoms with Crippen molar-refractivity contribution in [2.45, 2.75) is 39.7 Å². The number of aromatic nitrogens is 4. The first-order valence-corrected chi connectivity index (χ1v) is 10.3. The average molecular weight is 440 g/mol. The molecule has 3 N–H and O–H groups in total. The summed E-state index contributed by atoms with van der Waals surface area (Å²) in [5.41, 5.74) is 9.00. The second kappa shape index (κ2) is 8.81. The lowest BCUT2D eigenvalue weighted by atomic mass is 10.1. The van der Waals surface area contributed by atoms with Crippen molar-refractivity contribution < 1.29 is 14.3 Å². The first-order chi connectivity index (χ1) is 15.0. The summed E-state index contributed by atoms with van der Waals surface area (Å²) >= 11 is 0. The fourth-order valence-electron chi connectivity index (χ4n) is 3.26. The van der Waals surface area contributed by atoms with E-state index in [0.29, 0.717) is 41.1 Å². The lowest BCUT2D eigenvalue weighted by Crippen LogP contribution is -2.34. The van der Waals surface area contributed by atoms with E-state index in [4.69, 9.17) is 15.5 Å². The van der Waals surface area contributed by atoms with Gasteiger partial charge in [-0.15, -0.1) is 0 Å². The molecule has 3 aromatic heterocycles. The summed E-state index contributed by atoms with van der Waals surface area (Å²) in [5.74, 6) is 0.437. The molecule has 0 atom stereocenters. The second-order valence-corrected chi connectivity index (χ2v) is 8.53. The van der Waals surface area contributed by atoms with Gasteiger partial charge in [0.15, 0.2) is 5.82 Å². The Morgan fingerprint density at radius 3 is 2.62 bits per heavy atom. The highest BCUT2D eigenvalue weighted by atomic mass is 16.6. The highest BCUT2D eigenvalue weighted by Gasteiger charge is 2.26. The first-order valence-electron chi connectivity index (χ1n) is 10.3. The molecule has 0 saturated heterocycles. The number of nitrogens with two attached hydrogens (primary N) is 1. The van der Waals surface area contributed by atoms with Gasteiger partial charge in [-0.05, 0) is 32.9 Å². The number of hydrogen-bond acceptors (Lipinski definition) is 7. The summed E-state index contributed by atoms with van der Waals surface area (Å²) in [5, 5.41) is 2.77. The van der Waals surface area contributed by atoms with Crippen molar-refractivity contribution in [3.05, 3.63) is 30.2 Å². The summed E-state index contributed by atoms with van der Waals surface area (Å²) in [6, 6.07) is 5.62. The predicted molar refractivity (Wildman–Crippen MR) is 123 cm³/mol. The monoisotopic (exact) mass is 439 g/mol. The number of rotatable bonds is 5. The number of carbonyl (C=O) groups is 2. The van der Waals surface area contributed by atoms with Gasteiger partial charge in [0.2, 0.25) is 5.91 Å². The standard InChI is InChI=1S/C22H29N7O3/c1-13(30)24-11-10-14-8-7-9-15(26-14)16-18-17(25-12-28(18)5)20(27-19(16)23)29(6)21(31)32-22(2,3)4/h7-9,12H,10-11H2,1-6H3,(H2,23,27)(H,24,30). The smallest absolute Gasteiger partial charge is 0.415 e. The van der Waals surface area contributed by atoms with E-state index in [0.717, 1.165) is 5.69 Å². The molecular weight excluding hydrogens is 410 g/mol. The zero-order chi connectivity index (χ0) is 23.6. The van der Waals surface area contributed by atoms with Gasteiger partial charge in [0.25, 0.3) is 0 Å². The zero-order valence-electron chi connectivity index (χ0n) is 19.3. The van der Waals surface area contributed by atoms with Crippen molar-refractivity contribution in [1.82, 2.24) is 24.8 Å². The fourth-order valence-corrected chi connectivity index (χ4v) is 3.26. The molecule has 0 spiro atoms. The normalized spacial score (nSPS) is 11.4. The molecule has 0 fully saturated rings. The number of pyridine rings is 2. The van der Waals surface area contributed by atoms with E-state index in [9.17, 15) is 9.59 Å². The Kier molecular flexibility index (Phi) is 6.33. The Labute approximate surface area is 186 Å². The van der Waals surface area contributed by atoms with E-state index in [-0.39, 0.29) is 11.7 Å². The van der Waals surface area contributed by atoms with E-state index in [1.807, 2.05) is 29.8 Å². The predicted octanol–water partition coefficient (Wildman–Crippen LogP) is 2.66. The number of aryl methyl sites for hydroxylation is 1. The number of amides is 2. The largest absolute Gasteiger partial charge is 0.443 e. The molecule has 0 aliphatic rings. The Bertz CT molecular complexity index is 1160. The molecule has 3 rings (SSSR count). The van der Waals surface area contributed by atoms with Crippen LogP contribution in [0, 0.1) is 0 Å². The Morgan fingerprint density at radius 1 is 1.25 bits per heavy atom. The Balaban J connectivity index is 2.05. The number of ether oxygens (including phenoxy) is 1. The maximum atomic E-state index is 12.6. The average Bonchev–Trinajstić information content (AvgIpc) is 3.07. The van der Waals surface area contributed by atoms with Gasteiger partial charge in [-0.1, -0.05) is 6.07 Å². The van der Waals surface area contributed by atoms with E-state index in [2.05, 4.69) is 15.3 Å². The Hall–Kier alpha value is -3.69. The van der Waals surface area contributed by atoms with Crippen LogP contribution in [0.1, 0.15) is 33.4 Å². The molecule has 0 saturated carbocycles. The lowest BCUT2D eigenvalue weighted by Gasteiger charge is -2.24. The minimum Gasteiger partial charge on any atom is -0.443 e. The molecule has 3 aromatic rings. The van der Waals surface area contributed by atoms with Gasteiger partial charge in [0, 0.05) is 39.7 Å². The molecule has 0 aliphatic carbocycles. The van der Waals surface area contributed by atoms with E-state index < -0.39 is 11.7 Å². The third kappa shape index (κ3) is 4.96. The number of anilines is 2. The van der Waals surface area contributed by atoms with Crippen molar-refractivity contribution in [1.29, 1.82) is 0 Å². The van der Waals surface area contributed by atoms with Crippen LogP contribution in [0.5, 0.6) is 0 Å². The van der Waals surface area contributed by atoms with Gasteiger partial charge in [-0.2, -0.15) is 0 Å². The molecule has 2 amide bonds. The summed E-state index contributed by atoms with van der Waals surface area (Å²) < 4.78 is 7.28. The van der Waals surface area contributed by atoms with Crippen molar-refractivity contribution in [2.24, 2.45) is 7.05 Å². The maximum absolute atomic E-state index is 12.6. The summed E-state index contributed by atoms with van der Waals surface area (Å²) in [7, 11) is 3.42. The highest BCUT2D eigenvalue weighted by molar-refractivity contribution is 6.05. The van der Waals surface area contributed by atoms with Gasteiger partial charge in [0.1, 0.15) is 16.9 Å². The molecule has 32 heavy (non-hydrogen) atoms. The molecule has 170 valence electrons. The van der Waals surface area contributed by atoms with Gasteiger partial charge in [0.05, 0.1) is 23.1 Å². The van der Waals surface area contributed by atoms with Crippen LogP contribution in [0.15, 0.2) is 24.5 Å². The van der Waals surface area contributed by atoms with Crippen LogP contribution in [0.3, 0.4) is 0 Å². The number of nitrogens with one attached hydrogen (secondary N) is 1. The van der Waals surface area contributed by atoms with Gasteiger partial charge in [-0.3, -0.25) is 14.7 Å². The van der Waals surface area contributed by atoms with E-state index in [1.165, 1.54) is 11.8 Å². The quantitative estimate of drug-likeness (QED) is 0.625. The molecular formula is C22H29N7O3. The van der Waals surface area contributed by atoms with Crippen LogP contribution in [0.25, 0.3) is 22.3 Å². The van der Waals surface area contributed by atoms with Crippen molar-refractivity contribution in [3.63, 3.8) is 0 Å². The van der Waals surface area contributed by atoms with Crippen LogP contribution in [0.2, 0.25) is 0 Å². The molecule has 0 aliphatic heterocycles. The number of hydrogen-bond donors (Lipinski definition) is 2. The SMILES string of the molecule is CC(=O)NCCc1cccc(-c2c(N)nc(N(C)C(=O)OC(C)(C)C)c3ncn(C)c23)n1. The minimum absolute atomic E-state index is 0.0871.